The largest absolute Gasteiger partial charge is 0.453 e. The van der Waals surface area contributed by atoms with Crippen LogP contribution in [0, 0.1) is 0 Å². The number of carbonyl (C=O) groups excluding carboxylic acids is 3. The van der Waals surface area contributed by atoms with Gasteiger partial charge in [0.15, 0.2) is 6.10 Å². The molecule has 9 nitrogen and oxygen atoms in total. The molecule has 1 aromatic carbocycles. The van der Waals surface area contributed by atoms with Crippen LogP contribution in [-0.2, 0) is 32.2 Å². The number of fused-ring (bicyclic) bond motifs is 1. The van der Waals surface area contributed by atoms with Crippen LogP contribution in [0.15, 0.2) is 29.1 Å². The Morgan fingerprint density at radius 2 is 1.70 bits per heavy atom. The minimum atomic E-state index is -1.16. The molecule has 146 valence electrons. The zero-order chi connectivity index (χ0) is 20.0. The fourth-order valence-corrected chi connectivity index (χ4v) is 2.69. The summed E-state index contributed by atoms with van der Waals surface area (Å²) >= 11 is 0. The van der Waals surface area contributed by atoms with Crippen LogP contribution in [0.25, 0.3) is 11.0 Å². The maximum absolute atomic E-state index is 12.6. The number of aryl methyl sites for hydroxylation is 2. The standard InChI is InChI=1S/C18H23N3O6/c1-4-10-20-13-7-5-6-8-14(13)21(18(20)25)11-9-15(22)27-12(2)16(23)19-17(24)26-3/h5-8,12H,4,9-11H2,1-3H3,(H,19,23,24)/t12-/m0/s1. The van der Waals surface area contributed by atoms with Gasteiger partial charge < -0.3 is 9.47 Å². The third kappa shape index (κ3) is 4.75. The minimum Gasteiger partial charge on any atom is -0.453 e. The number of hydrogen-bond donors (Lipinski definition) is 1. The average Bonchev–Trinajstić information content (AvgIpc) is 2.91. The molecule has 0 saturated heterocycles. The monoisotopic (exact) mass is 377 g/mol. The highest BCUT2D eigenvalue weighted by molar-refractivity contribution is 5.95. The molecule has 2 rings (SSSR count). The number of ether oxygens (including phenoxy) is 2. The van der Waals surface area contributed by atoms with Gasteiger partial charge in [0.1, 0.15) is 0 Å². The van der Waals surface area contributed by atoms with Crippen molar-refractivity contribution in [2.45, 2.75) is 45.9 Å². The Morgan fingerprint density at radius 1 is 1.11 bits per heavy atom. The van der Waals surface area contributed by atoms with Crippen LogP contribution in [0.5, 0.6) is 0 Å². The molecule has 2 aromatic rings. The number of para-hydroxylation sites is 2. The smallest absolute Gasteiger partial charge is 0.413 e. The molecule has 0 spiro atoms. The van der Waals surface area contributed by atoms with Crippen LogP contribution in [0.2, 0.25) is 0 Å². The van der Waals surface area contributed by atoms with Gasteiger partial charge in [-0.2, -0.15) is 0 Å². The summed E-state index contributed by atoms with van der Waals surface area (Å²) in [6.45, 7) is 4.04. The van der Waals surface area contributed by atoms with E-state index in [9.17, 15) is 19.2 Å². The molecule has 0 saturated carbocycles. The summed E-state index contributed by atoms with van der Waals surface area (Å²) in [5.74, 6) is -1.44. The number of esters is 1. The zero-order valence-electron chi connectivity index (χ0n) is 15.6. The first-order chi connectivity index (χ1) is 12.9. The number of aromatic nitrogens is 2. The Balaban J connectivity index is 2.05. The van der Waals surface area contributed by atoms with Crippen molar-refractivity contribution in [1.82, 2.24) is 14.5 Å². The highest BCUT2D eigenvalue weighted by atomic mass is 16.6. The lowest BCUT2D eigenvalue weighted by molar-refractivity contribution is -0.154. The van der Waals surface area contributed by atoms with Gasteiger partial charge in [0, 0.05) is 13.1 Å². The van der Waals surface area contributed by atoms with Crippen LogP contribution in [0.3, 0.4) is 0 Å². The fraction of sp³-hybridized carbons (Fsp3) is 0.444. The lowest BCUT2D eigenvalue weighted by Gasteiger charge is -2.12. The fourth-order valence-electron chi connectivity index (χ4n) is 2.69. The summed E-state index contributed by atoms with van der Waals surface area (Å²) in [6, 6.07) is 7.36. The van der Waals surface area contributed by atoms with Gasteiger partial charge in [0.2, 0.25) is 0 Å². The van der Waals surface area contributed by atoms with Gasteiger partial charge in [-0.05, 0) is 25.5 Å². The number of alkyl carbamates (subject to hydrolysis) is 1. The van der Waals surface area contributed by atoms with Crippen molar-refractivity contribution >= 4 is 29.0 Å². The van der Waals surface area contributed by atoms with Crippen LogP contribution in [0.1, 0.15) is 26.7 Å². The third-order valence-electron chi connectivity index (χ3n) is 4.00. The lowest BCUT2D eigenvalue weighted by Crippen LogP contribution is -2.39. The van der Waals surface area contributed by atoms with Gasteiger partial charge in [0.05, 0.1) is 24.6 Å². The molecule has 1 N–H and O–H groups in total. The number of rotatable bonds is 7. The van der Waals surface area contributed by atoms with E-state index in [1.165, 1.54) is 11.5 Å². The van der Waals surface area contributed by atoms with E-state index in [0.717, 1.165) is 24.6 Å². The molecule has 1 heterocycles. The molecule has 0 radical (unpaired) electrons. The molecule has 1 aromatic heterocycles. The zero-order valence-corrected chi connectivity index (χ0v) is 15.6. The molecule has 0 fully saturated rings. The van der Waals surface area contributed by atoms with Crippen molar-refractivity contribution in [3.8, 4) is 0 Å². The molecule has 2 amide bonds. The average molecular weight is 377 g/mol. The highest BCUT2D eigenvalue weighted by Gasteiger charge is 2.21. The summed E-state index contributed by atoms with van der Waals surface area (Å²) in [6.07, 6.45) is -1.37. The molecule has 9 heteroatoms. The molecular formula is C18H23N3O6. The molecule has 1 atom stereocenters. The van der Waals surface area contributed by atoms with Crippen LogP contribution >= 0.6 is 0 Å². The molecule has 0 unspecified atom stereocenters. The van der Waals surface area contributed by atoms with Crippen molar-refractivity contribution in [1.29, 1.82) is 0 Å². The second kappa shape index (κ2) is 9.02. The van der Waals surface area contributed by atoms with Gasteiger partial charge in [-0.1, -0.05) is 19.1 Å². The molecule has 0 aliphatic carbocycles. The summed E-state index contributed by atoms with van der Waals surface area (Å²) < 4.78 is 12.5. The minimum absolute atomic E-state index is 0.0874. The van der Waals surface area contributed by atoms with E-state index in [1.807, 2.05) is 36.5 Å². The van der Waals surface area contributed by atoms with Gasteiger partial charge in [-0.3, -0.25) is 24.0 Å². The lowest BCUT2D eigenvalue weighted by atomic mass is 10.3. The van der Waals surface area contributed by atoms with Crippen LogP contribution < -0.4 is 11.0 Å². The molecule has 0 aliphatic rings. The van der Waals surface area contributed by atoms with Crippen molar-refractivity contribution in [2.75, 3.05) is 7.11 Å². The van der Waals surface area contributed by atoms with E-state index >= 15 is 0 Å². The number of methoxy groups -OCH3 is 1. The summed E-state index contributed by atoms with van der Waals surface area (Å²) in [4.78, 5) is 47.3. The van der Waals surface area contributed by atoms with Crippen molar-refractivity contribution in [3.05, 3.63) is 34.7 Å². The summed E-state index contributed by atoms with van der Waals surface area (Å²) in [5.41, 5.74) is 1.35. The summed E-state index contributed by atoms with van der Waals surface area (Å²) in [5, 5.41) is 1.92. The third-order valence-corrected chi connectivity index (χ3v) is 4.00. The Morgan fingerprint density at radius 3 is 2.26 bits per heavy atom. The van der Waals surface area contributed by atoms with E-state index in [4.69, 9.17) is 4.74 Å². The van der Waals surface area contributed by atoms with E-state index in [-0.39, 0.29) is 18.7 Å². The van der Waals surface area contributed by atoms with Gasteiger partial charge in [0.25, 0.3) is 5.91 Å². The van der Waals surface area contributed by atoms with E-state index in [2.05, 4.69) is 4.74 Å². The Kier molecular flexibility index (Phi) is 6.75. The van der Waals surface area contributed by atoms with E-state index < -0.39 is 24.1 Å². The predicted octanol–water partition coefficient (Wildman–Crippen LogP) is 1.42. The Bertz CT molecular complexity index is 898. The van der Waals surface area contributed by atoms with E-state index in [1.54, 1.807) is 4.57 Å². The number of nitrogens with zero attached hydrogens (tertiary/aromatic N) is 2. The van der Waals surface area contributed by atoms with Gasteiger partial charge >= 0.3 is 17.8 Å². The SMILES string of the molecule is CCCn1c(=O)n(CCC(=O)O[C@@H](C)C(=O)NC(=O)OC)c2ccccc21. The quantitative estimate of drug-likeness (QED) is 0.731. The van der Waals surface area contributed by atoms with Gasteiger partial charge in [-0.15, -0.1) is 0 Å². The normalized spacial score (nSPS) is 11.8. The molecular weight excluding hydrogens is 354 g/mol. The number of nitrogens with one attached hydrogen (secondary N) is 1. The van der Waals surface area contributed by atoms with Crippen LogP contribution in [0.4, 0.5) is 4.79 Å². The second-order valence-electron chi connectivity index (χ2n) is 5.94. The number of imidazole rings is 1. The first-order valence-electron chi connectivity index (χ1n) is 8.65. The maximum atomic E-state index is 12.6. The number of amides is 2. The number of benzene rings is 1. The first-order valence-corrected chi connectivity index (χ1v) is 8.65. The maximum Gasteiger partial charge on any atom is 0.413 e. The second-order valence-corrected chi connectivity index (χ2v) is 5.94. The topological polar surface area (TPSA) is 109 Å². The van der Waals surface area contributed by atoms with Gasteiger partial charge in [-0.25, -0.2) is 9.59 Å². The summed E-state index contributed by atoms with van der Waals surface area (Å²) in [7, 11) is 1.12. The number of imide groups is 1. The molecule has 27 heavy (non-hydrogen) atoms. The Labute approximate surface area is 155 Å². The molecule has 0 aliphatic heterocycles. The number of hydrogen-bond acceptors (Lipinski definition) is 6. The van der Waals surface area contributed by atoms with Crippen molar-refractivity contribution in [3.63, 3.8) is 0 Å². The van der Waals surface area contributed by atoms with E-state index in [0.29, 0.717) is 6.54 Å². The highest BCUT2D eigenvalue weighted by Crippen LogP contribution is 2.14. The Hall–Kier alpha value is -3.10. The predicted molar refractivity (Wildman–Crippen MR) is 97.2 cm³/mol. The van der Waals surface area contributed by atoms with Crippen molar-refractivity contribution < 1.29 is 23.9 Å². The molecule has 0 bridgehead atoms. The van der Waals surface area contributed by atoms with Crippen LogP contribution in [-0.4, -0.2) is 40.3 Å². The first kappa shape index (κ1) is 20.2. The van der Waals surface area contributed by atoms with Crippen molar-refractivity contribution in [2.24, 2.45) is 0 Å². The number of carbonyl (C=O) groups is 3.